The Bertz CT molecular complexity index is 726. The Morgan fingerprint density at radius 3 is 2.84 bits per heavy atom. The molecule has 0 spiro atoms. The Hall–Kier alpha value is -2.61. The number of hydrogen-bond donors (Lipinski definition) is 0. The second kappa shape index (κ2) is 5.36. The molecule has 0 radical (unpaired) electrons. The number of fused-ring (bicyclic) bond motifs is 1. The predicted molar refractivity (Wildman–Crippen MR) is 69.5 cm³/mol. The first-order valence-corrected chi connectivity index (χ1v) is 5.72. The number of hydrogen-bond acceptors (Lipinski definition) is 4. The number of methoxy groups -OCH3 is 1. The van der Waals surface area contributed by atoms with Crippen molar-refractivity contribution < 1.29 is 9.53 Å². The summed E-state index contributed by atoms with van der Waals surface area (Å²) in [6, 6.07) is 10.9. The fourth-order valence-electron chi connectivity index (χ4n) is 1.97. The van der Waals surface area contributed by atoms with Crippen LogP contribution in [0.5, 0.6) is 0 Å². The smallest absolute Gasteiger partial charge is 0.310 e. The molecule has 0 aliphatic carbocycles. The lowest BCUT2D eigenvalue weighted by atomic mass is 10.1. The van der Waals surface area contributed by atoms with Crippen LogP contribution >= 0.6 is 0 Å². The lowest BCUT2D eigenvalue weighted by Gasteiger charge is -2.09. The molecule has 0 fully saturated rings. The molecular weight excluding hydrogens is 244 g/mol. The van der Waals surface area contributed by atoms with Gasteiger partial charge in [0.05, 0.1) is 25.1 Å². The second-order valence-electron chi connectivity index (χ2n) is 4.03. The summed E-state index contributed by atoms with van der Waals surface area (Å²) in [5.74, 6) is -0.476. The number of para-hydroxylation sites is 1. The fourth-order valence-corrected chi connectivity index (χ4v) is 1.97. The Morgan fingerprint density at radius 2 is 2.16 bits per heavy atom. The molecule has 0 unspecified atom stereocenters. The molecule has 96 valence electrons. The molecule has 5 nitrogen and oxygen atoms in total. The van der Waals surface area contributed by atoms with Crippen LogP contribution in [0.25, 0.3) is 10.9 Å². The number of benzene rings is 1. The Kier molecular flexibility index (Phi) is 3.62. The maximum Gasteiger partial charge on any atom is 0.310 e. The molecule has 0 N–H and O–H groups in total. The highest BCUT2D eigenvalue weighted by Crippen LogP contribution is 2.13. The summed E-state index contributed by atoms with van der Waals surface area (Å²) >= 11 is 0. The number of pyridine rings is 1. The average molecular weight is 256 g/mol. The molecule has 1 aromatic heterocycles. The van der Waals surface area contributed by atoms with Gasteiger partial charge in [-0.25, -0.2) is 0 Å². The van der Waals surface area contributed by atoms with E-state index in [4.69, 9.17) is 5.26 Å². The zero-order valence-corrected chi connectivity index (χ0v) is 10.4. The maximum absolute atomic E-state index is 12.2. The third-order valence-electron chi connectivity index (χ3n) is 2.87. The Balaban J connectivity index is 2.67. The molecule has 0 amide bonds. The van der Waals surface area contributed by atoms with Gasteiger partial charge in [-0.3, -0.25) is 14.2 Å². The minimum absolute atomic E-state index is 0.0473. The fraction of sp³-hybridized carbons (Fsp3) is 0.214. The first kappa shape index (κ1) is 12.8. The number of nitrogens with zero attached hydrogens (tertiary/aromatic N) is 2. The largest absolute Gasteiger partial charge is 0.469 e. The standard InChI is InChI=1S/C14H12N2O3/c1-19-13(17)9-11-8-10-4-2-3-5-12(10)16(7-6-15)14(11)18/h2-5,8H,7,9H2,1H3. The van der Waals surface area contributed by atoms with Crippen molar-refractivity contribution in [2.24, 2.45) is 0 Å². The highest BCUT2D eigenvalue weighted by Gasteiger charge is 2.12. The Labute approximate surface area is 109 Å². The van der Waals surface area contributed by atoms with E-state index in [0.29, 0.717) is 11.1 Å². The van der Waals surface area contributed by atoms with E-state index in [-0.39, 0.29) is 18.5 Å². The first-order chi connectivity index (χ1) is 9.17. The molecule has 5 heteroatoms. The zero-order valence-electron chi connectivity index (χ0n) is 10.4. The van der Waals surface area contributed by atoms with Crippen molar-refractivity contribution in [1.82, 2.24) is 4.57 Å². The van der Waals surface area contributed by atoms with E-state index in [9.17, 15) is 9.59 Å². The van der Waals surface area contributed by atoms with Crippen LogP contribution in [0.4, 0.5) is 0 Å². The third kappa shape index (κ3) is 2.47. The topological polar surface area (TPSA) is 72.1 Å². The summed E-state index contributed by atoms with van der Waals surface area (Å²) < 4.78 is 5.94. The lowest BCUT2D eigenvalue weighted by molar-refractivity contribution is -0.139. The van der Waals surface area contributed by atoms with Gasteiger partial charge in [-0.2, -0.15) is 5.26 Å². The van der Waals surface area contributed by atoms with E-state index < -0.39 is 5.97 Å². The van der Waals surface area contributed by atoms with Crippen LogP contribution in [-0.2, 0) is 22.5 Å². The average Bonchev–Trinajstić information content (AvgIpc) is 2.43. The van der Waals surface area contributed by atoms with Crippen molar-refractivity contribution >= 4 is 16.9 Å². The van der Waals surface area contributed by atoms with Gasteiger partial charge in [0, 0.05) is 5.56 Å². The van der Waals surface area contributed by atoms with Crippen molar-refractivity contribution in [3.05, 3.63) is 46.2 Å². The summed E-state index contributed by atoms with van der Waals surface area (Å²) in [5, 5.41) is 9.64. The van der Waals surface area contributed by atoms with E-state index in [1.807, 2.05) is 18.2 Å². The van der Waals surface area contributed by atoms with Crippen molar-refractivity contribution in [2.75, 3.05) is 7.11 Å². The van der Waals surface area contributed by atoms with Gasteiger partial charge in [-0.05, 0) is 17.5 Å². The van der Waals surface area contributed by atoms with Crippen LogP contribution in [0.15, 0.2) is 35.1 Å². The molecule has 2 rings (SSSR count). The maximum atomic E-state index is 12.2. The van der Waals surface area contributed by atoms with Crippen LogP contribution in [-0.4, -0.2) is 17.6 Å². The Morgan fingerprint density at radius 1 is 1.42 bits per heavy atom. The first-order valence-electron chi connectivity index (χ1n) is 5.72. The van der Waals surface area contributed by atoms with Crippen molar-refractivity contribution in [1.29, 1.82) is 5.26 Å². The third-order valence-corrected chi connectivity index (χ3v) is 2.87. The number of carbonyl (C=O) groups excluding carboxylic acids is 1. The minimum Gasteiger partial charge on any atom is -0.469 e. The number of carbonyl (C=O) groups is 1. The molecule has 1 heterocycles. The number of nitriles is 1. The van der Waals surface area contributed by atoms with E-state index in [2.05, 4.69) is 4.74 Å². The number of esters is 1. The summed E-state index contributed by atoms with van der Waals surface area (Å²) in [7, 11) is 1.27. The van der Waals surface area contributed by atoms with Gasteiger partial charge < -0.3 is 4.74 Å². The van der Waals surface area contributed by atoms with Crippen LogP contribution < -0.4 is 5.56 Å². The lowest BCUT2D eigenvalue weighted by Crippen LogP contribution is -2.25. The summed E-state index contributed by atoms with van der Waals surface area (Å²) in [4.78, 5) is 23.5. The summed E-state index contributed by atoms with van der Waals surface area (Å²) in [6.07, 6.45) is -0.0917. The zero-order chi connectivity index (χ0) is 13.8. The molecule has 0 bridgehead atoms. The monoisotopic (exact) mass is 256 g/mol. The van der Waals surface area contributed by atoms with Gasteiger partial charge in [-0.1, -0.05) is 18.2 Å². The SMILES string of the molecule is COC(=O)Cc1cc2ccccc2n(CC#N)c1=O. The summed E-state index contributed by atoms with van der Waals surface area (Å²) in [6.45, 7) is -0.0473. The van der Waals surface area contributed by atoms with Gasteiger partial charge >= 0.3 is 5.97 Å². The van der Waals surface area contributed by atoms with Crippen molar-refractivity contribution in [3.8, 4) is 6.07 Å². The number of aromatic nitrogens is 1. The highest BCUT2D eigenvalue weighted by atomic mass is 16.5. The normalized spacial score (nSPS) is 10.1. The molecular formula is C14H12N2O3. The second-order valence-corrected chi connectivity index (χ2v) is 4.03. The van der Waals surface area contributed by atoms with Crippen LogP contribution in [0, 0.1) is 11.3 Å². The van der Waals surface area contributed by atoms with Gasteiger partial charge in [0.2, 0.25) is 0 Å². The van der Waals surface area contributed by atoms with Crippen molar-refractivity contribution in [2.45, 2.75) is 13.0 Å². The molecule has 2 aromatic rings. The van der Waals surface area contributed by atoms with Crippen molar-refractivity contribution in [3.63, 3.8) is 0 Å². The molecule has 1 aromatic carbocycles. The van der Waals surface area contributed by atoms with Crippen LogP contribution in [0.3, 0.4) is 0 Å². The van der Waals surface area contributed by atoms with Gasteiger partial charge in [-0.15, -0.1) is 0 Å². The minimum atomic E-state index is -0.476. The molecule has 0 saturated heterocycles. The number of rotatable bonds is 3. The van der Waals surface area contributed by atoms with Gasteiger partial charge in [0.15, 0.2) is 0 Å². The van der Waals surface area contributed by atoms with E-state index in [1.54, 1.807) is 18.2 Å². The van der Waals surface area contributed by atoms with Gasteiger partial charge in [0.25, 0.3) is 5.56 Å². The predicted octanol–water partition coefficient (Wildman–Crippen LogP) is 1.24. The molecule has 0 saturated carbocycles. The molecule has 19 heavy (non-hydrogen) atoms. The molecule has 0 atom stereocenters. The van der Waals surface area contributed by atoms with Crippen LogP contribution in [0.2, 0.25) is 0 Å². The number of ether oxygens (including phenoxy) is 1. The van der Waals surface area contributed by atoms with E-state index in [1.165, 1.54) is 11.7 Å². The van der Waals surface area contributed by atoms with E-state index in [0.717, 1.165) is 5.39 Å². The van der Waals surface area contributed by atoms with Gasteiger partial charge in [0.1, 0.15) is 6.54 Å². The summed E-state index contributed by atoms with van der Waals surface area (Å²) in [5.41, 5.74) is 0.689. The quantitative estimate of drug-likeness (QED) is 0.774. The van der Waals surface area contributed by atoms with Crippen LogP contribution in [0.1, 0.15) is 5.56 Å². The molecule has 0 aliphatic rings. The highest BCUT2D eigenvalue weighted by molar-refractivity contribution is 5.81. The van der Waals surface area contributed by atoms with E-state index >= 15 is 0 Å². The molecule has 0 aliphatic heterocycles.